The normalized spacial score (nSPS) is 36.2. The molecule has 0 bridgehead atoms. The minimum atomic E-state index is -0.418. The number of hydrogen-bond donors (Lipinski definition) is 2. The fourth-order valence-corrected chi connectivity index (χ4v) is 5.56. The Kier molecular flexibility index (Phi) is 2.97. The lowest BCUT2D eigenvalue weighted by atomic mass is 10.0. The van der Waals surface area contributed by atoms with Crippen molar-refractivity contribution in [3.8, 4) is 0 Å². The molecule has 7 heteroatoms. The molecule has 0 spiro atoms. The number of hydrogen-bond acceptors (Lipinski definition) is 5. The molecule has 2 fully saturated rings. The number of carbonyl (C=O) groups is 2. The first-order chi connectivity index (χ1) is 8.09. The third-order valence-corrected chi connectivity index (χ3v) is 6.02. The molecule has 1 amide bonds. The van der Waals surface area contributed by atoms with Crippen LogP contribution in [0.2, 0.25) is 0 Å². The molecule has 2 saturated heterocycles. The van der Waals surface area contributed by atoms with Crippen molar-refractivity contribution in [3.63, 3.8) is 0 Å². The lowest BCUT2D eigenvalue weighted by Crippen LogP contribution is -2.48. The van der Waals surface area contributed by atoms with E-state index in [4.69, 9.17) is 0 Å². The second-order valence-corrected chi connectivity index (χ2v) is 6.97. The van der Waals surface area contributed by atoms with E-state index in [2.05, 4.69) is 12.6 Å². The maximum atomic E-state index is 11.6. The number of β-lactam (4-membered cyclic amide) rings is 1. The van der Waals surface area contributed by atoms with Crippen LogP contribution in [0.4, 0.5) is 0 Å². The van der Waals surface area contributed by atoms with Crippen molar-refractivity contribution < 1.29 is 14.7 Å². The van der Waals surface area contributed by atoms with E-state index in [1.165, 1.54) is 4.90 Å². The largest absolute Gasteiger partial charge is 0.392 e. The number of aliphatic hydroxyl groups is 1. The minimum absolute atomic E-state index is 0.0185. The molecule has 3 rings (SSSR count). The fourth-order valence-electron chi connectivity index (χ4n) is 2.34. The molecule has 3 aliphatic rings. The van der Waals surface area contributed by atoms with Gasteiger partial charge in [0.2, 0.25) is 11.0 Å². The quantitative estimate of drug-likeness (QED) is 0.578. The second kappa shape index (κ2) is 4.22. The second-order valence-electron chi connectivity index (χ2n) is 4.27. The Hall–Kier alpha value is -0.110. The number of rotatable bonds is 2. The van der Waals surface area contributed by atoms with Crippen LogP contribution in [0.15, 0.2) is 10.6 Å². The van der Waals surface area contributed by atoms with Crippen molar-refractivity contribution in [2.24, 2.45) is 5.92 Å². The zero-order valence-electron chi connectivity index (χ0n) is 8.83. The fraction of sp³-hybridized carbons (Fsp3) is 0.600. The lowest BCUT2D eigenvalue weighted by molar-refractivity contribution is -0.139. The molecule has 92 valence electrons. The van der Waals surface area contributed by atoms with Crippen molar-refractivity contribution in [2.45, 2.75) is 17.9 Å². The van der Waals surface area contributed by atoms with Crippen LogP contribution in [0, 0.1) is 5.92 Å². The highest BCUT2D eigenvalue weighted by molar-refractivity contribution is 8.04. The topological polar surface area (TPSA) is 57.6 Å². The highest BCUT2D eigenvalue weighted by Gasteiger charge is 2.50. The average molecular weight is 289 g/mol. The molecule has 0 aliphatic carbocycles. The summed E-state index contributed by atoms with van der Waals surface area (Å²) < 4.78 is 0. The van der Waals surface area contributed by atoms with E-state index in [0.717, 1.165) is 10.7 Å². The number of nitrogens with zero attached hydrogens (tertiary/aromatic N) is 1. The Morgan fingerprint density at radius 2 is 2.24 bits per heavy atom. The standard InChI is InChI=1S/C10H11NO3S3/c12-5-3-16-2-4(5)9-8(10(14)15)11-6(13)1-7(11)17-9/h4-5,7,12H,1-3H2,(H,14,15)/t4-,5+,7+/m0/s1. The Balaban J connectivity index is 1.97. The molecule has 0 aromatic heterocycles. The summed E-state index contributed by atoms with van der Waals surface area (Å²) in [4.78, 5) is 25.5. The van der Waals surface area contributed by atoms with Crippen LogP contribution >= 0.6 is 36.2 Å². The number of thioether (sulfide) groups is 2. The van der Waals surface area contributed by atoms with Crippen LogP contribution < -0.4 is 0 Å². The summed E-state index contributed by atoms with van der Waals surface area (Å²) in [5, 5.41) is 9.59. The molecule has 3 aliphatic heterocycles. The van der Waals surface area contributed by atoms with E-state index in [1.54, 1.807) is 23.5 Å². The Bertz CT molecular complexity index is 437. The van der Waals surface area contributed by atoms with Gasteiger partial charge >= 0.3 is 0 Å². The van der Waals surface area contributed by atoms with Crippen LogP contribution in [-0.2, 0) is 9.59 Å². The summed E-state index contributed by atoms with van der Waals surface area (Å²) >= 11 is 7.08. The molecular weight excluding hydrogens is 278 g/mol. The third-order valence-electron chi connectivity index (χ3n) is 3.23. The van der Waals surface area contributed by atoms with Gasteiger partial charge in [-0.1, -0.05) is 12.6 Å². The van der Waals surface area contributed by atoms with Crippen molar-refractivity contribution in [3.05, 3.63) is 10.6 Å². The number of aliphatic hydroxyl groups excluding tert-OH is 1. The third kappa shape index (κ3) is 1.75. The van der Waals surface area contributed by atoms with Gasteiger partial charge < -0.3 is 5.11 Å². The van der Waals surface area contributed by atoms with E-state index < -0.39 is 6.10 Å². The van der Waals surface area contributed by atoms with Crippen LogP contribution in [-0.4, -0.2) is 44.0 Å². The van der Waals surface area contributed by atoms with Gasteiger partial charge in [0, 0.05) is 22.3 Å². The van der Waals surface area contributed by atoms with Gasteiger partial charge in [0.15, 0.2) is 0 Å². The van der Waals surface area contributed by atoms with Crippen molar-refractivity contribution >= 4 is 47.2 Å². The van der Waals surface area contributed by atoms with Gasteiger partial charge in [-0.2, -0.15) is 11.8 Å². The molecule has 17 heavy (non-hydrogen) atoms. The van der Waals surface area contributed by atoms with Crippen molar-refractivity contribution in [2.75, 3.05) is 11.5 Å². The first kappa shape index (κ1) is 12.0. The Morgan fingerprint density at radius 1 is 1.47 bits per heavy atom. The molecule has 0 aromatic carbocycles. The molecule has 1 N–H and O–H groups in total. The Morgan fingerprint density at radius 3 is 2.76 bits per heavy atom. The van der Waals surface area contributed by atoms with E-state index in [1.807, 2.05) is 0 Å². The highest BCUT2D eigenvalue weighted by atomic mass is 32.2. The number of thiol groups is 1. The van der Waals surface area contributed by atoms with Gasteiger partial charge in [-0.25, -0.2) is 0 Å². The van der Waals surface area contributed by atoms with E-state index in [9.17, 15) is 14.7 Å². The first-order valence-corrected chi connectivity index (χ1v) is 7.79. The van der Waals surface area contributed by atoms with E-state index in [-0.39, 0.29) is 22.3 Å². The summed E-state index contributed by atoms with van der Waals surface area (Å²) in [7, 11) is 0. The van der Waals surface area contributed by atoms with Gasteiger partial charge in [0.05, 0.1) is 17.9 Å². The van der Waals surface area contributed by atoms with Crippen molar-refractivity contribution in [1.29, 1.82) is 0 Å². The van der Waals surface area contributed by atoms with Gasteiger partial charge in [-0.05, 0) is 0 Å². The molecule has 3 heterocycles. The van der Waals surface area contributed by atoms with Crippen LogP contribution in [0.25, 0.3) is 0 Å². The number of amides is 1. The number of fused-ring (bicyclic) bond motifs is 1. The summed E-state index contributed by atoms with van der Waals surface area (Å²) in [5.74, 6) is 1.47. The van der Waals surface area contributed by atoms with Gasteiger partial charge in [0.1, 0.15) is 5.70 Å². The maximum absolute atomic E-state index is 11.6. The smallest absolute Gasteiger partial charge is 0.233 e. The molecule has 0 unspecified atom stereocenters. The summed E-state index contributed by atoms with van der Waals surface area (Å²) in [6.07, 6.45) is 0.0632. The maximum Gasteiger partial charge on any atom is 0.233 e. The molecular formula is C10H11NO3S3. The lowest BCUT2D eigenvalue weighted by Gasteiger charge is -2.34. The predicted octanol–water partition coefficient (Wildman–Crippen LogP) is 0.683. The van der Waals surface area contributed by atoms with Crippen LogP contribution in [0.5, 0.6) is 0 Å². The van der Waals surface area contributed by atoms with E-state index >= 15 is 0 Å². The SMILES string of the molecule is O=C(S)C1=C([C@H]2CSC[C@H]2O)S[C@@H]2CC(=O)N12. The molecule has 0 aromatic rings. The highest BCUT2D eigenvalue weighted by Crippen LogP contribution is 2.51. The molecule has 3 atom stereocenters. The summed E-state index contributed by atoms with van der Waals surface area (Å²) in [6.45, 7) is 0. The minimum Gasteiger partial charge on any atom is -0.392 e. The summed E-state index contributed by atoms with van der Waals surface area (Å²) in [5.41, 5.74) is 0.408. The zero-order chi connectivity index (χ0) is 12.2. The monoisotopic (exact) mass is 289 g/mol. The van der Waals surface area contributed by atoms with Crippen molar-refractivity contribution in [1.82, 2.24) is 4.90 Å². The zero-order valence-corrected chi connectivity index (χ0v) is 11.4. The van der Waals surface area contributed by atoms with Gasteiger partial charge in [0.25, 0.3) is 0 Å². The number of carbonyl (C=O) groups excluding carboxylic acids is 2. The van der Waals surface area contributed by atoms with Crippen LogP contribution in [0.3, 0.4) is 0 Å². The predicted molar refractivity (Wildman–Crippen MR) is 70.7 cm³/mol. The molecule has 0 radical (unpaired) electrons. The first-order valence-electron chi connectivity index (χ1n) is 5.31. The molecule has 0 saturated carbocycles. The Labute approximate surface area is 113 Å². The van der Waals surface area contributed by atoms with Crippen LogP contribution in [0.1, 0.15) is 6.42 Å². The van der Waals surface area contributed by atoms with Gasteiger partial charge in [-0.3, -0.25) is 14.5 Å². The summed E-state index contributed by atoms with van der Waals surface area (Å²) in [6, 6.07) is 0. The van der Waals surface area contributed by atoms with Gasteiger partial charge in [-0.15, -0.1) is 11.8 Å². The average Bonchev–Trinajstić information content (AvgIpc) is 2.78. The molecule has 4 nitrogen and oxygen atoms in total. The van der Waals surface area contributed by atoms with E-state index in [0.29, 0.717) is 17.9 Å².